The van der Waals surface area contributed by atoms with Crippen molar-refractivity contribution in [2.24, 2.45) is 0 Å². The topological polar surface area (TPSA) is 0 Å². The fraction of sp³-hybridized carbons (Fsp3) is 0.200. The molecule has 2 aromatic rings. The fourth-order valence-corrected chi connectivity index (χ4v) is 3.40. The lowest BCUT2D eigenvalue weighted by atomic mass is 10.0. The van der Waals surface area contributed by atoms with Gasteiger partial charge in [0, 0.05) is 14.5 Å². The van der Waals surface area contributed by atoms with Gasteiger partial charge in [0.2, 0.25) is 0 Å². The molecule has 0 aliphatic heterocycles. The molecule has 1 atom stereocenters. The second kappa shape index (κ2) is 5.94. The number of hydrogen-bond acceptors (Lipinski definition) is 0. The molecule has 0 saturated carbocycles. The molecule has 0 aliphatic rings. The van der Waals surface area contributed by atoms with Gasteiger partial charge in [-0.25, -0.2) is 4.39 Å². The Labute approximate surface area is 134 Å². The first-order chi connectivity index (χ1) is 8.90. The Bertz CT molecular complexity index is 626. The minimum Gasteiger partial charge on any atom is -0.207 e. The molecule has 0 fully saturated rings. The summed E-state index contributed by atoms with van der Waals surface area (Å²) in [6.07, 6.45) is 0. The molecule has 0 N–H and O–H groups in total. The normalized spacial score (nSPS) is 12.5. The van der Waals surface area contributed by atoms with Gasteiger partial charge in [-0.3, -0.25) is 0 Å². The quantitative estimate of drug-likeness (QED) is 0.514. The van der Waals surface area contributed by atoms with Crippen LogP contribution in [0.3, 0.4) is 0 Å². The Morgan fingerprint density at radius 1 is 1.00 bits per heavy atom. The van der Waals surface area contributed by atoms with E-state index in [4.69, 9.17) is 11.6 Å². The lowest BCUT2D eigenvalue weighted by molar-refractivity contribution is 0.611. The summed E-state index contributed by atoms with van der Waals surface area (Å²) in [7, 11) is 0. The van der Waals surface area contributed by atoms with E-state index in [-0.39, 0.29) is 5.82 Å². The van der Waals surface area contributed by atoms with Gasteiger partial charge in [0.05, 0.1) is 5.38 Å². The molecule has 19 heavy (non-hydrogen) atoms. The van der Waals surface area contributed by atoms with Crippen LogP contribution in [-0.4, -0.2) is 0 Å². The molecule has 0 amide bonds. The first-order valence-electron chi connectivity index (χ1n) is 5.76. The maximum atomic E-state index is 14.0. The number of alkyl halides is 1. The second-order valence-electron chi connectivity index (χ2n) is 4.51. The number of halogens is 4. The van der Waals surface area contributed by atoms with Crippen molar-refractivity contribution in [1.82, 2.24) is 0 Å². The van der Waals surface area contributed by atoms with E-state index in [1.807, 2.05) is 32.0 Å². The highest BCUT2D eigenvalue weighted by molar-refractivity contribution is 9.11. The Hall–Kier alpha value is -0.380. The standard InChI is InChI=1S/C15H12Br2ClF/c1-8-3-4-10(14(19)5-8)15(18)11-7-12(16)9(2)6-13(11)17/h3-7,15H,1-2H3. The highest BCUT2D eigenvalue weighted by Crippen LogP contribution is 2.37. The van der Waals surface area contributed by atoms with Gasteiger partial charge in [-0.1, -0.05) is 44.0 Å². The lowest BCUT2D eigenvalue weighted by Gasteiger charge is -2.15. The summed E-state index contributed by atoms with van der Waals surface area (Å²) in [4.78, 5) is 0. The van der Waals surface area contributed by atoms with Gasteiger partial charge in [0.1, 0.15) is 5.82 Å². The lowest BCUT2D eigenvalue weighted by Crippen LogP contribution is -1.99. The summed E-state index contributed by atoms with van der Waals surface area (Å²) in [5, 5.41) is -0.521. The zero-order chi connectivity index (χ0) is 14.2. The zero-order valence-corrected chi connectivity index (χ0v) is 14.4. The molecule has 2 rings (SSSR count). The third kappa shape index (κ3) is 3.21. The molecule has 0 radical (unpaired) electrons. The SMILES string of the molecule is Cc1ccc(C(Cl)c2cc(Br)c(C)cc2Br)c(F)c1. The predicted octanol–water partition coefficient (Wildman–Crippen LogP) is 6.30. The van der Waals surface area contributed by atoms with Gasteiger partial charge >= 0.3 is 0 Å². The number of benzene rings is 2. The summed E-state index contributed by atoms with van der Waals surface area (Å²) in [6.45, 7) is 3.85. The van der Waals surface area contributed by atoms with E-state index >= 15 is 0 Å². The van der Waals surface area contributed by atoms with Crippen LogP contribution >= 0.6 is 43.5 Å². The van der Waals surface area contributed by atoms with Gasteiger partial charge in [-0.2, -0.15) is 0 Å². The van der Waals surface area contributed by atoms with Gasteiger partial charge in [0.25, 0.3) is 0 Å². The third-order valence-corrected chi connectivity index (χ3v) is 4.99. The molecule has 2 aromatic carbocycles. The summed E-state index contributed by atoms with van der Waals surface area (Å²) in [6, 6.07) is 9.01. The fourth-order valence-electron chi connectivity index (χ4n) is 1.86. The molecular weight excluding hydrogens is 394 g/mol. The van der Waals surface area contributed by atoms with Crippen molar-refractivity contribution >= 4 is 43.5 Å². The molecule has 100 valence electrons. The summed E-state index contributed by atoms with van der Waals surface area (Å²) >= 11 is 13.4. The van der Waals surface area contributed by atoms with Gasteiger partial charge < -0.3 is 0 Å². The molecule has 0 heterocycles. The number of rotatable bonds is 2. The molecule has 0 bridgehead atoms. The van der Waals surface area contributed by atoms with Crippen LogP contribution in [0.15, 0.2) is 39.3 Å². The van der Waals surface area contributed by atoms with Crippen LogP contribution in [-0.2, 0) is 0 Å². The van der Waals surface area contributed by atoms with Crippen LogP contribution < -0.4 is 0 Å². The van der Waals surface area contributed by atoms with Crippen molar-refractivity contribution in [2.45, 2.75) is 19.2 Å². The molecule has 0 saturated heterocycles. The van der Waals surface area contributed by atoms with Crippen LogP contribution in [0.2, 0.25) is 0 Å². The Morgan fingerprint density at radius 3 is 2.32 bits per heavy atom. The maximum Gasteiger partial charge on any atom is 0.128 e. The first kappa shape index (κ1) is 15.0. The highest BCUT2D eigenvalue weighted by atomic mass is 79.9. The molecule has 0 spiro atoms. The molecule has 4 heteroatoms. The van der Waals surface area contributed by atoms with E-state index in [2.05, 4.69) is 31.9 Å². The molecule has 0 aliphatic carbocycles. The van der Waals surface area contributed by atoms with E-state index in [0.29, 0.717) is 5.56 Å². The Morgan fingerprint density at radius 2 is 1.68 bits per heavy atom. The van der Waals surface area contributed by atoms with Crippen molar-refractivity contribution in [3.8, 4) is 0 Å². The van der Waals surface area contributed by atoms with Crippen LogP contribution in [0.5, 0.6) is 0 Å². The van der Waals surface area contributed by atoms with Crippen LogP contribution in [0.25, 0.3) is 0 Å². The van der Waals surface area contributed by atoms with Crippen LogP contribution in [0.1, 0.15) is 27.6 Å². The van der Waals surface area contributed by atoms with E-state index in [1.54, 1.807) is 6.07 Å². The molecule has 1 unspecified atom stereocenters. The minimum absolute atomic E-state index is 0.274. The van der Waals surface area contributed by atoms with E-state index in [0.717, 1.165) is 25.6 Å². The van der Waals surface area contributed by atoms with Crippen molar-refractivity contribution in [1.29, 1.82) is 0 Å². The van der Waals surface area contributed by atoms with E-state index in [9.17, 15) is 4.39 Å². The zero-order valence-electron chi connectivity index (χ0n) is 10.5. The smallest absolute Gasteiger partial charge is 0.128 e. The predicted molar refractivity (Wildman–Crippen MR) is 85.4 cm³/mol. The van der Waals surface area contributed by atoms with Gasteiger partial charge in [-0.05, 0) is 48.7 Å². The Kier molecular flexibility index (Phi) is 4.70. The van der Waals surface area contributed by atoms with E-state index < -0.39 is 5.38 Å². The summed E-state index contributed by atoms with van der Waals surface area (Å²) in [5.74, 6) is -0.274. The van der Waals surface area contributed by atoms with E-state index in [1.165, 1.54) is 6.07 Å². The minimum atomic E-state index is -0.521. The molecular formula is C15H12Br2ClF. The highest BCUT2D eigenvalue weighted by Gasteiger charge is 2.18. The summed E-state index contributed by atoms with van der Waals surface area (Å²) in [5.41, 5.74) is 3.32. The average molecular weight is 407 g/mol. The molecule has 0 nitrogen and oxygen atoms in total. The summed E-state index contributed by atoms with van der Waals surface area (Å²) < 4.78 is 15.8. The Balaban J connectivity index is 2.49. The van der Waals surface area contributed by atoms with Crippen LogP contribution in [0, 0.1) is 19.7 Å². The second-order valence-corrected chi connectivity index (χ2v) is 6.66. The third-order valence-electron chi connectivity index (χ3n) is 2.98. The maximum absolute atomic E-state index is 14.0. The van der Waals surface area contributed by atoms with Crippen molar-refractivity contribution in [3.05, 3.63) is 67.3 Å². The van der Waals surface area contributed by atoms with Crippen molar-refractivity contribution in [2.75, 3.05) is 0 Å². The average Bonchev–Trinajstić information content (AvgIpc) is 2.33. The van der Waals surface area contributed by atoms with Gasteiger partial charge in [0.15, 0.2) is 0 Å². The van der Waals surface area contributed by atoms with Crippen molar-refractivity contribution in [3.63, 3.8) is 0 Å². The molecule has 0 aromatic heterocycles. The number of aryl methyl sites for hydroxylation is 2. The van der Waals surface area contributed by atoms with Crippen molar-refractivity contribution < 1.29 is 4.39 Å². The van der Waals surface area contributed by atoms with Gasteiger partial charge in [-0.15, -0.1) is 11.6 Å². The largest absolute Gasteiger partial charge is 0.207 e. The number of hydrogen-bond donors (Lipinski definition) is 0. The monoisotopic (exact) mass is 404 g/mol. The first-order valence-corrected chi connectivity index (χ1v) is 7.78. The van der Waals surface area contributed by atoms with Crippen LogP contribution in [0.4, 0.5) is 4.39 Å².